The summed E-state index contributed by atoms with van der Waals surface area (Å²) in [5.74, 6) is -1.09. The van der Waals surface area contributed by atoms with E-state index in [1.807, 2.05) is 0 Å². The van der Waals surface area contributed by atoms with Crippen LogP contribution >= 0.6 is 0 Å². The van der Waals surface area contributed by atoms with Crippen molar-refractivity contribution in [3.8, 4) is 0 Å². The highest BCUT2D eigenvalue weighted by molar-refractivity contribution is 5.86. The summed E-state index contributed by atoms with van der Waals surface area (Å²) in [6.45, 7) is 2.45. The fraction of sp³-hybridized carbons (Fsp3) is 0.700. The van der Waals surface area contributed by atoms with E-state index in [1.165, 1.54) is 11.9 Å². The molecule has 1 fully saturated rings. The van der Waals surface area contributed by atoms with E-state index in [4.69, 9.17) is 5.11 Å². The van der Waals surface area contributed by atoms with Gasteiger partial charge in [-0.2, -0.15) is 0 Å². The normalized spacial score (nSPS) is 16.9. The molecule has 96 valence electrons. The fourth-order valence-corrected chi connectivity index (χ4v) is 1.67. The Balaban J connectivity index is 2.28. The van der Waals surface area contributed by atoms with Crippen LogP contribution in [-0.4, -0.2) is 54.1 Å². The van der Waals surface area contributed by atoms with E-state index in [2.05, 4.69) is 10.6 Å². The smallest absolute Gasteiger partial charge is 0.318 e. The Labute approximate surface area is 99.2 Å². The Bertz CT molecular complexity index is 326. The molecule has 7 nitrogen and oxygen atoms in total. The first kappa shape index (κ1) is 13.3. The first-order chi connectivity index (χ1) is 7.93. The zero-order chi connectivity index (χ0) is 13.0. The number of likely N-dealkylation sites (tertiary alicyclic amines) is 1. The molecular formula is C10H17N3O4. The Kier molecular flexibility index (Phi) is 4.30. The van der Waals surface area contributed by atoms with Crippen LogP contribution in [-0.2, 0) is 9.59 Å². The van der Waals surface area contributed by atoms with Gasteiger partial charge < -0.3 is 20.6 Å². The van der Waals surface area contributed by atoms with Crippen LogP contribution in [0.4, 0.5) is 4.79 Å². The summed E-state index contributed by atoms with van der Waals surface area (Å²) in [6.07, 6.45) is 0.0782. The number of amides is 3. The topological polar surface area (TPSA) is 98.7 Å². The summed E-state index contributed by atoms with van der Waals surface area (Å²) in [5.41, 5.74) is 0. The summed E-state index contributed by atoms with van der Waals surface area (Å²) in [5, 5.41) is 13.5. The first-order valence-electron chi connectivity index (χ1n) is 5.43. The van der Waals surface area contributed by atoms with Crippen LogP contribution < -0.4 is 10.6 Å². The lowest BCUT2D eigenvalue weighted by molar-refractivity contribution is -0.139. The van der Waals surface area contributed by atoms with Gasteiger partial charge in [0.25, 0.3) is 0 Å². The van der Waals surface area contributed by atoms with Crippen molar-refractivity contribution in [2.24, 2.45) is 5.92 Å². The number of carboxylic acid groups (broad SMARTS) is 1. The fourth-order valence-electron chi connectivity index (χ4n) is 1.67. The van der Waals surface area contributed by atoms with Crippen molar-refractivity contribution in [3.05, 3.63) is 0 Å². The molecule has 1 saturated heterocycles. The molecule has 1 aliphatic rings. The van der Waals surface area contributed by atoms with Crippen LogP contribution in [0.25, 0.3) is 0 Å². The second-order valence-electron chi connectivity index (χ2n) is 4.15. The molecule has 3 amide bonds. The lowest BCUT2D eigenvalue weighted by Crippen LogP contribution is -2.57. The zero-order valence-electron chi connectivity index (χ0n) is 9.90. The van der Waals surface area contributed by atoms with Gasteiger partial charge in [0.15, 0.2) is 0 Å². The maximum atomic E-state index is 11.6. The number of hydrogen-bond acceptors (Lipinski definition) is 3. The van der Waals surface area contributed by atoms with Crippen molar-refractivity contribution in [1.82, 2.24) is 15.5 Å². The third-order valence-corrected chi connectivity index (χ3v) is 2.69. The van der Waals surface area contributed by atoms with E-state index in [0.29, 0.717) is 13.1 Å². The van der Waals surface area contributed by atoms with Gasteiger partial charge in [0, 0.05) is 26.1 Å². The number of carboxylic acids is 1. The minimum Gasteiger partial charge on any atom is -0.481 e. The van der Waals surface area contributed by atoms with Crippen LogP contribution in [0.2, 0.25) is 0 Å². The molecule has 1 rings (SSSR count). The Morgan fingerprint density at radius 3 is 2.47 bits per heavy atom. The highest BCUT2D eigenvalue weighted by Gasteiger charge is 2.32. The number of rotatable bonds is 4. The number of hydrogen-bond donors (Lipinski definition) is 3. The van der Waals surface area contributed by atoms with Gasteiger partial charge in [-0.3, -0.25) is 9.59 Å². The van der Waals surface area contributed by atoms with Crippen LogP contribution in [0.5, 0.6) is 0 Å². The molecule has 0 radical (unpaired) electrons. The monoisotopic (exact) mass is 243 g/mol. The summed E-state index contributed by atoms with van der Waals surface area (Å²) in [6, 6.07) is -0.922. The van der Waals surface area contributed by atoms with E-state index in [1.54, 1.807) is 6.92 Å². The molecule has 0 spiro atoms. The summed E-state index contributed by atoms with van der Waals surface area (Å²) >= 11 is 0. The molecule has 0 aromatic rings. The molecule has 1 aliphatic heterocycles. The van der Waals surface area contributed by atoms with Gasteiger partial charge in [-0.05, 0) is 6.92 Å². The van der Waals surface area contributed by atoms with Crippen LogP contribution in [0, 0.1) is 5.92 Å². The summed E-state index contributed by atoms with van der Waals surface area (Å²) in [7, 11) is 1.50. The average Bonchev–Trinajstić information content (AvgIpc) is 2.20. The molecule has 1 heterocycles. The van der Waals surface area contributed by atoms with E-state index in [-0.39, 0.29) is 24.3 Å². The molecule has 1 unspecified atom stereocenters. The minimum atomic E-state index is -0.853. The Morgan fingerprint density at radius 1 is 1.41 bits per heavy atom. The summed E-state index contributed by atoms with van der Waals surface area (Å²) in [4.78, 5) is 34.6. The van der Waals surface area contributed by atoms with Gasteiger partial charge >= 0.3 is 12.0 Å². The van der Waals surface area contributed by atoms with Crippen LogP contribution in [0.15, 0.2) is 0 Å². The molecule has 3 N–H and O–H groups in total. The Hall–Kier alpha value is -1.79. The number of aliphatic carboxylic acids is 1. The molecule has 17 heavy (non-hydrogen) atoms. The highest BCUT2D eigenvalue weighted by Crippen LogP contribution is 2.18. The number of carbonyl (C=O) groups is 3. The molecule has 0 aliphatic carbocycles. The molecule has 0 bridgehead atoms. The van der Waals surface area contributed by atoms with Gasteiger partial charge in [0.05, 0.1) is 6.42 Å². The molecule has 0 aromatic carbocycles. The van der Waals surface area contributed by atoms with E-state index in [0.717, 1.165) is 0 Å². The van der Waals surface area contributed by atoms with Crippen LogP contribution in [0.3, 0.4) is 0 Å². The van der Waals surface area contributed by atoms with Crippen molar-refractivity contribution in [2.75, 3.05) is 20.1 Å². The van der Waals surface area contributed by atoms with Gasteiger partial charge in [-0.15, -0.1) is 0 Å². The second-order valence-corrected chi connectivity index (χ2v) is 4.15. The molecule has 1 atom stereocenters. The van der Waals surface area contributed by atoms with E-state index >= 15 is 0 Å². The first-order valence-corrected chi connectivity index (χ1v) is 5.43. The van der Waals surface area contributed by atoms with E-state index in [9.17, 15) is 14.4 Å². The number of carbonyl (C=O) groups excluding carboxylic acids is 2. The molecule has 0 aromatic heterocycles. The standard InChI is InChI=1S/C10H17N3O4/c1-6(9(16)11-2)12-10(17)13-4-7(5-13)3-8(14)15/h6-7H,3-5H2,1-2H3,(H,11,16)(H,12,17)(H,14,15). The second kappa shape index (κ2) is 5.51. The lowest BCUT2D eigenvalue weighted by Gasteiger charge is -2.38. The zero-order valence-corrected chi connectivity index (χ0v) is 9.90. The van der Waals surface area contributed by atoms with Crippen molar-refractivity contribution in [1.29, 1.82) is 0 Å². The highest BCUT2D eigenvalue weighted by atomic mass is 16.4. The molecule has 0 saturated carbocycles. The lowest BCUT2D eigenvalue weighted by atomic mass is 9.97. The summed E-state index contributed by atoms with van der Waals surface area (Å²) < 4.78 is 0. The Morgan fingerprint density at radius 2 is 2.00 bits per heavy atom. The SMILES string of the molecule is CNC(=O)C(C)NC(=O)N1CC(CC(=O)O)C1. The van der Waals surface area contributed by atoms with Crippen LogP contribution in [0.1, 0.15) is 13.3 Å². The van der Waals surface area contributed by atoms with Crippen molar-refractivity contribution >= 4 is 17.9 Å². The quantitative estimate of drug-likeness (QED) is 0.604. The van der Waals surface area contributed by atoms with Gasteiger partial charge in [-0.1, -0.05) is 0 Å². The van der Waals surface area contributed by atoms with Crippen molar-refractivity contribution < 1.29 is 19.5 Å². The predicted octanol–water partition coefficient (Wildman–Crippen LogP) is -0.763. The average molecular weight is 243 g/mol. The third-order valence-electron chi connectivity index (χ3n) is 2.69. The maximum Gasteiger partial charge on any atom is 0.318 e. The van der Waals surface area contributed by atoms with Gasteiger partial charge in [0.2, 0.25) is 5.91 Å². The molecular weight excluding hydrogens is 226 g/mol. The largest absolute Gasteiger partial charge is 0.481 e. The number of nitrogens with one attached hydrogen (secondary N) is 2. The van der Waals surface area contributed by atoms with E-state index < -0.39 is 12.0 Å². The molecule has 7 heteroatoms. The van der Waals surface area contributed by atoms with Gasteiger partial charge in [-0.25, -0.2) is 4.79 Å². The number of likely N-dealkylation sites (N-methyl/N-ethyl adjacent to an activating group) is 1. The number of urea groups is 1. The third kappa shape index (κ3) is 3.61. The maximum absolute atomic E-state index is 11.6. The number of nitrogens with zero attached hydrogens (tertiary/aromatic N) is 1. The van der Waals surface area contributed by atoms with Gasteiger partial charge in [0.1, 0.15) is 6.04 Å². The van der Waals surface area contributed by atoms with Crippen molar-refractivity contribution in [3.63, 3.8) is 0 Å². The van der Waals surface area contributed by atoms with Crippen molar-refractivity contribution in [2.45, 2.75) is 19.4 Å². The minimum absolute atomic E-state index is 0.0218. The predicted molar refractivity (Wildman–Crippen MR) is 59.4 cm³/mol.